The van der Waals surface area contributed by atoms with Crippen molar-refractivity contribution in [2.24, 2.45) is 11.7 Å². The van der Waals surface area contributed by atoms with Gasteiger partial charge in [0.15, 0.2) is 0 Å². The maximum Gasteiger partial charge on any atom is 0.0635 e. The first-order chi connectivity index (χ1) is 12.1. The molecule has 2 aromatic carbocycles. The van der Waals surface area contributed by atoms with Crippen LogP contribution in [0.15, 0.2) is 60.7 Å². The van der Waals surface area contributed by atoms with Crippen LogP contribution in [0.1, 0.15) is 36.3 Å². The third-order valence-electron chi connectivity index (χ3n) is 5.63. The number of nitrogens with one attached hydrogen (secondary N) is 1. The number of benzene rings is 2. The Bertz CT molecular complexity index is 786. The van der Waals surface area contributed by atoms with Crippen molar-refractivity contribution in [3.8, 4) is 0 Å². The summed E-state index contributed by atoms with van der Waals surface area (Å²) in [6.45, 7) is 0. The number of allylic oxidation sites excluding steroid dienone is 1. The van der Waals surface area contributed by atoms with Crippen molar-refractivity contribution in [1.82, 2.24) is 5.32 Å². The van der Waals surface area contributed by atoms with E-state index in [1.54, 1.807) is 0 Å². The van der Waals surface area contributed by atoms with E-state index in [4.69, 9.17) is 17.2 Å². The lowest BCUT2D eigenvalue weighted by Gasteiger charge is -2.33. The van der Waals surface area contributed by atoms with E-state index in [2.05, 4.69) is 47.8 Å². The average molecular weight is 334 g/mol. The van der Waals surface area contributed by atoms with E-state index in [0.29, 0.717) is 11.8 Å². The van der Waals surface area contributed by atoms with Crippen LogP contribution in [0.4, 0.5) is 11.4 Å². The van der Waals surface area contributed by atoms with Gasteiger partial charge in [0.2, 0.25) is 0 Å². The smallest absolute Gasteiger partial charge is 0.0635 e. The third kappa shape index (κ3) is 3.03. The number of hydrogen-bond acceptors (Lipinski definition) is 4. The molecule has 4 unspecified atom stereocenters. The number of rotatable bonds is 5. The number of hydrogen-bond donors (Lipinski definition) is 4. The van der Waals surface area contributed by atoms with E-state index in [9.17, 15) is 0 Å². The van der Waals surface area contributed by atoms with Crippen LogP contribution < -0.4 is 22.5 Å². The molecular formula is C21H26N4. The fraction of sp³-hybridized carbons (Fsp3) is 0.333. The molecule has 0 spiro atoms. The minimum absolute atomic E-state index is 0.0752. The highest BCUT2D eigenvalue weighted by Gasteiger charge is 2.46. The van der Waals surface area contributed by atoms with Crippen LogP contribution in [-0.4, -0.2) is 6.17 Å². The van der Waals surface area contributed by atoms with Gasteiger partial charge in [-0.25, -0.2) is 0 Å². The van der Waals surface area contributed by atoms with Crippen LogP contribution in [0.5, 0.6) is 0 Å². The highest BCUT2D eigenvalue weighted by molar-refractivity contribution is 5.58. The van der Waals surface area contributed by atoms with Crippen LogP contribution in [0.3, 0.4) is 0 Å². The van der Waals surface area contributed by atoms with Gasteiger partial charge in [-0.1, -0.05) is 42.5 Å². The third-order valence-corrected chi connectivity index (χ3v) is 5.63. The molecule has 4 heteroatoms. The zero-order valence-corrected chi connectivity index (χ0v) is 14.4. The van der Waals surface area contributed by atoms with E-state index >= 15 is 0 Å². The largest absolute Gasteiger partial charge is 0.399 e. The van der Waals surface area contributed by atoms with Crippen molar-refractivity contribution in [3.63, 3.8) is 0 Å². The summed E-state index contributed by atoms with van der Waals surface area (Å²) in [7, 11) is 0. The molecule has 7 N–H and O–H groups in total. The Hall–Kier alpha value is -2.30. The molecule has 4 rings (SSSR count). The lowest BCUT2D eigenvalue weighted by molar-refractivity contribution is 0.326. The van der Waals surface area contributed by atoms with Crippen molar-refractivity contribution < 1.29 is 0 Å². The monoisotopic (exact) mass is 334 g/mol. The SMILES string of the molecule is Nc1ccc(N)c(C2CC2C(N)NC2(c3ccccc3)C=CCC2)c1. The highest BCUT2D eigenvalue weighted by Crippen LogP contribution is 2.51. The maximum atomic E-state index is 6.58. The molecule has 4 nitrogen and oxygen atoms in total. The van der Waals surface area contributed by atoms with Crippen LogP contribution in [0.25, 0.3) is 0 Å². The van der Waals surface area contributed by atoms with Gasteiger partial charge in [0, 0.05) is 11.4 Å². The second-order valence-corrected chi connectivity index (χ2v) is 7.34. The molecule has 2 aliphatic carbocycles. The van der Waals surface area contributed by atoms with Gasteiger partial charge in [-0.15, -0.1) is 0 Å². The zero-order chi connectivity index (χ0) is 17.4. The quantitative estimate of drug-likeness (QED) is 0.384. The van der Waals surface area contributed by atoms with Gasteiger partial charge in [0.1, 0.15) is 0 Å². The van der Waals surface area contributed by atoms with Crippen LogP contribution in [0, 0.1) is 5.92 Å². The summed E-state index contributed by atoms with van der Waals surface area (Å²) in [5.74, 6) is 0.780. The van der Waals surface area contributed by atoms with Crippen LogP contribution in [0.2, 0.25) is 0 Å². The first-order valence-electron chi connectivity index (χ1n) is 9.00. The molecule has 1 fully saturated rings. The Labute approximate surface area is 149 Å². The van der Waals surface area contributed by atoms with Crippen molar-refractivity contribution in [2.45, 2.75) is 36.9 Å². The standard InChI is InChI=1S/C21H26N4/c22-15-8-9-19(23)17(12-15)16-13-18(16)20(24)25-21(10-4-5-11-21)14-6-2-1-3-7-14/h1-4,6-10,12,16,18,20,25H,5,11,13,22-24H2. The molecule has 4 atom stereocenters. The Balaban J connectivity index is 1.51. The Morgan fingerprint density at radius 1 is 1.08 bits per heavy atom. The number of anilines is 2. The van der Waals surface area contributed by atoms with E-state index in [1.807, 2.05) is 18.2 Å². The molecule has 0 bridgehead atoms. The Morgan fingerprint density at radius 3 is 2.60 bits per heavy atom. The molecule has 2 aromatic rings. The second kappa shape index (κ2) is 6.21. The summed E-state index contributed by atoms with van der Waals surface area (Å²) >= 11 is 0. The zero-order valence-electron chi connectivity index (χ0n) is 14.4. The van der Waals surface area contributed by atoms with Crippen LogP contribution in [-0.2, 0) is 5.54 Å². The predicted octanol–water partition coefficient (Wildman–Crippen LogP) is 3.07. The van der Waals surface area contributed by atoms with Gasteiger partial charge >= 0.3 is 0 Å². The fourth-order valence-electron chi connectivity index (χ4n) is 4.15. The average Bonchev–Trinajstić information content (AvgIpc) is 3.29. The topological polar surface area (TPSA) is 90.1 Å². The van der Waals surface area contributed by atoms with Gasteiger partial charge in [0.05, 0.1) is 11.7 Å². The molecule has 25 heavy (non-hydrogen) atoms. The van der Waals surface area contributed by atoms with Gasteiger partial charge < -0.3 is 17.2 Å². The number of nitrogen functional groups attached to an aromatic ring is 2. The van der Waals surface area contributed by atoms with Gasteiger partial charge in [0.25, 0.3) is 0 Å². The summed E-state index contributed by atoms with van der Waals surface area (Å²) in [5, 5.41) is 3.72. The van der Waals surface area contributed by atoms with Crippen molar-refractivity contribution >= 4 is 11.4 Å². The van der Waals surface area contributed by atoms with E-state index in [-0.39, 0.29) is 11.7 Å². The van der Waals surface area contributed by atoms with Crippen molar-refractivity contribution in [1.29, 1.82) is 0 Å². The van der Waals surface area contributed by atoms with E-state index in [0.717, 1.165) is 36.2 Å². The molecule has 2 aliphatic rings. The summed E-state index contributed by atoms with van der Waals surface area (Å²) in [4.78, 5) is 0. The molecule has 0 saturated heterocycles. The molecule has 0 radical (unpaired) electrons. The van der Waals surface area contributed by atoms with Crippen LogP contribution >= 0.6 is 0 Å². The Kier molecular flexibility index (Phi) is 4.02. The maximum absolute atomic E-state index is 6.58. The van der Waals surface area contributed by atoms with E-state index in [1.165, 1.54) is 5.56 Å². The molecule has 0 amide bonds. The number of nitrogens with two attached hydrogens (primary N) is 3. The molecular weight excluding hydrogens is 308 g/mol. The summed E-state index contributed by atoms with van der Waals surface area (Å²) in [6, 6.07) is 16.3. The molecule has 0 aromatic heterocycles. The first kappa shape index (κ1) is 16.2. The fourth-order valence-corrected chi connectivity index (χ4v) is 4.15. The second-order valence-electron chi connectivity index (χ2n) is 7.34. The predicted molar refractivity (Wildman–Crippen MR) is 104 cm³/mol. The normalized spacial score (nSPS) is 28.8. The van der Waals surface area contributed by atoms with Crippen molar-refractivity contribution in [3.05, 3.63) is 71.8 Å². The van der Waals surface area contributed by atoms with Crippen molar-refractivity contribution in [2.75, 3.05) is 11.5 Å². The van der Waals surface area contributed by atoms with E-state index < -0.39 is 0 Å². The van der Waals surface area contributed by atoms with Gasteiger partial charge in [-0.3, -0.25) is 5.32 Å². The minimum atomic E-state index is -0.158. The summed E-state index contributed by atoms with van der Waals surface area (Å²) in [6.07, 6.45) is 7.61. The molecule has 0 heterocycles. The summed E-state index contributed by atoms with van der Waals surface area (Å²) in [5.41, 5.74) is 22.5. The molecule has 130 valence electrons. The highest BCUT2D eigenvalue weighted by atomic mass is 15.1. The first-order valence-corrected chi connectivity index (χ1v) is 9.00. The Morgan fingerprint density at radius 2 is 1.88 bits per heavy atom. The summed E-state index contributed by atoms with van der Waals surface area (Å²) < 4.78 is 0. The van der Waals surface area contributed by atoms with Gasteiger partial charge in [-0.2, -0.15) is 0 Å². The molecule has 0 aliphatic heterocycles. The lowest BCUT2D eigenvalue weighted by atomic mass is 9.88. The minimum Gasteiger partial charge on any atom is -0.399 e. The lowest BCUT2D eigenvalue weighted by Crippen LogP contribution is -2.51. The van der Waals surface area contributed by atoms with Gasteiger partial charge in [-0.05, 0) is 60.4 Å². The molecule has 1 saturated carbocycles.